The minimum atomic E-state index is -4.45. The number of carbonyl (C=O) groups is 2. The molecule has 1 saturated heterocycles. The number of oxime groups is 1. The second kappa shape index (κ2) is 13.3. The van der Waals surface area contributed by atoms with Crippen molar-refractivity contribution in [1.82, 2.24) is 15.4 Å². The summed E-state index contributed by atoms with van der Waals surface area (Å²) in [7, 11) is -4.45. The highest BCUT2D eigenvalue weighted by molar-refractivity contribution is 7.85. The first-order valence-electron chi connectivity index (χ1n) is 11.4. The van der Waals surface area contributed by atoms with Gasteiger partial charge in [0.15, 0.2) is 17.5 Å². The van der Waals surface area contributed by atoms with Crippen LogP contribution < -0.4 is 27.3 Å². The molecule has 2 atom stereocenters. The van der Waals surface area contributed by atoms with Gasteiger partial charge in [-0.05, 0) is 31.2 Å². The van der Waals surface area contributed by atoms with Gasteiger partial charge in [0, 0.05) is 17.5 Å². The molecule has 0 unspecified atom stereocenters. The Kier molecular flexibility index (Phi) is 10.1. The van der Waals surface area contributed by atoms with Crippen molar-refractivity contribution in [3.05, 3.63) is 40.9 Å². The number of aromatic nitrogens is 1. The third-order valence-corrected chi connectivity index (χ3v) is 6.18. The quantitative estimate of drug-likeness (QED) is 0.0433. The number of ether oxygens (including phenoxy) is 1. The number of thiazole rings is 1. The Hall–Kier alpha value is -3.84. The monoisotopic (exact) mass is 584 g/mol. The zero-order valence-corrected chi connectivity index (χ0v) is 22.4. The summed E-state index contributed by atoms with van der Waals surface area (Å²) in [4.78, 5) is 43.4. The van der Waals surface area contributed by atoms with Gasteiger partial charge < -0.3 is 32.1 Å². The largest absolute Gasteiger partial charge is 0.490 e. The Morgan fingerprint density at radius 1 is 1.28 bits per heavy atom. The summed E-state index contributed by atoms with van der Waals surface area (Å²) in [6.07, 6.45) is 0. The van der Waals surface area contributed by atoms with Crippen LogP contribution in [0.2, 0.25) is 0 Å². The van der Waals surface area contributed by atoms with E-state index in [2.05, 4.69) is 20.4 Å². The van der Waals surface area contributed by atoms with Gasteiger partial charge in [-0.25, -0.2) is 10.0 Å². The molecule has 1 fully saturated rings. The molecule has 39 heavy (non-hydrogen) atoms. The fourth-order valence-corrected chi connectivity index (χ4v) is 3.99. The van der Waals surface area contributed by atoms with Crippen LogP contribution in [0.1, 0.15) is 18.2 Å². The van der Waals surface area contributed by atoms with Crippen LogP contribution in [0.15, 0.2) is 39.8 Å². The van der Waals surface area contributed by atoms with E-state index in [1.165, 1.54) is 12.3 Å². The maximum Gasteiger partial charge on any atom is 0.292 e. The molecular formula is C21H28N8O8S2. The number of nitrogen functional groups attached to an aromatic ring is 1. The molecule has 212 valence electrons. The van der Waals surface area contributed by atoms with Crippen molar-refractivity contribution in [3.63, 3.8) is 0 Å². The normalized spacial score (nSPS) is 18.0. The van der Waals surface area contributed by atoms with Crippen LogP contribution in [0.5, 0.6) is 5.75 Å². The third kappa shape index (κ3) is 8.32. The van der Waals surface area contributed by atoms with E-state index in [-0.39, 0.29) is 29.8 Å². The molecule has 0 aliphatic carbocycles. The number of amides is 2. The van der Waals surface area contributed by atoms with Crippen LogP contribution in [0.3, 0.4) is 0 Å². The molecular weight excluding hydrogens is 556 g/mol. The number of nitrogens with one attached hydrogen (secondary N) is 1. The smallest absolute Gasteiger partial charge is 0.292 e. The summed E-state index contributed by atoms with van der Waals surface area (Å²) in [6, 6.07) is 5.14. The number of nitrogens with two attached hydrogens (primary N) is 3. The second-order valence-electron chi connectivity index (χ2n) is 7.96. The first-order chi connectivity index (χ1) is 18.5. The number of carbonyl (C=O) groups excluding carboxylic acids is 2. The lowest BCUT2D eigenvalue weighted by atomic mass is 10.00. The Morgan fingerprint density at radius 2 is 2.00 bits per heavy atom. The summed E-state index contributed by atoms with van der Waals surface area (Å²) in [5, 5.41) is 8.74. The minimum Gasteiger partial charge on any atom is -0.490 e. The Labute approximate surface area is 227 Å². The lowest BCUT2D eigenvalue weighted by Gasteiger charge is -2.43. The van der Waals surface area contributed by atoms with Crippen LogP contribution in [0.25, 0.3) is 0 Å². The van der Waals surface area contributed by atoms with Crippen molar-refractivity contribution in [3.8, 4) is 5.75 Å². The molecule has 1 aromatic heterocycles. The molecule has 18 heteroatoms. The lowest BCUT2D eigenvalue weighted by molar-refractivity contribution is -0.224. The molecule has 0 spiro atoms. The van der Waals surface area contributed by atoms with Crippen LogP contribution in [0, 0.1) is 0 Å². The fourth-order valence-electron chi connectivity index (χ4n) is 3.20. The van der Waals surface area contributed by atoms with E-state index in [1.54, 1.807) is 24.3 Å². The van der Waals surface area contributed by atoms with E-state index in [4.69, 9.17) is 36.2 Å². The maximum absolute atomic E-state index is 12.9. The SMILES string of the molecule is C[C@H]1[C@H](NC(=O)C(=NOCCOc2ccc(C(N)=NCCN)cc2)c2csc(N)n2)C(=O)N1OCS(=O)(=O)O. The van der Waals surface area contributed by atoms with Gasteiger partial charge in [0.05, 0.1) is 12.6 Å². The van der Waals surface area contributed by atoms with Gasteiger partial charge in [0.2, 0.25) is 5.94 Å². The van der Waals surface area contributed by atoms with Crippen molar-refractivity contribution < 1.29 is 37.0 Å². The van der Waals surface area contributed by atoms with E-state index in [0.29, 0.717) is 24.7 Å². The molecule has 2 aromatic rings. The highest BCUT2D eigenvalue weighted by Gasteiger charge is 2.47. The molecule has 0 bridgehead atoms. The molecule has 2 amide bonds. The van der Waals surface area contributed by atoms with Gasteiger partial charge in [-0.15, -0.1) is 11.3 Å². The second-order valence-corrected chi connectivity index (χ2v) is 10.2. The topological polar surface area (TPSA) is 247 Å². The van der Waals surface area contributed by atoms with Crippen molar-refractivity contribution in [2.75, 3.05) is 38.0 Å². The average molecular weight is 585 g/mol. The summed E-state index contributed by atoms with van der Waals surface area (Å²) in [6.45, 7) is 2.39. The van der Waals surface area contributed by atoms with Crippen molar-refractivity contribution in [2.24, 2.45) is 21.6 Å². The van der Waals surface area contributed by atoms with Gasteiger partial charge in [0.25, 0.3) is 21.9 Å². The lowest BCUT2D eigenvalue weighted by Crippen LogP contribution is -2.70. The number of amidine groups is 1. The van der Waals surface area contributed by atoms with E-state index >= 15 is 0 Å². The number of rotatable bonds is 14. The van der Waals surface area contributed by atoms with Crippen molar-refractivity contribution in [2.45, 2.75) is 19.0 Å². The molecule has 0 radical (unpaired) electrons. The Morgan fingerprint density at radius 3 is 2.59 bits per heavy atom. The number of nitrogens with zero attached hydrogens (tertiary/aromatic N) is 4. The molecule has 2 heterocycles. The number of anilines is 1. The molecule has 1 aliphatic rings. The number of benzene rings is 1. The van der Waals surface area contributed by atoms with Crippen LogP contribution in [-0.2, 0) is 29.4 Å². The summed E-state index contributed by atoms with van der Waals surface area (Å²) < 4.78 is 36.1. The minimum absolute atomic E-state index is 0.0335. The van der Waals surface area contributed by atoms with E-state index in [1.807, 2.05) is 0 Å². The van der Waals surface area contributed by atoms with Crippen molar-refractivity contribution >= 4 is 49.9 Å². The van der Waals surface area contributed by atoms with E-state index < -0.39 is 40.0 Å². The summed E-state index contributed by atoms with van der Waals surface area (Å²) in [5.74, 6) is -1.70. The highest BCUT2D eigenvalue weighted by Crippen LogP contribution is 2.21. The number of aliphatic imine (C=N–C) groups is 1. The molecule has 3 rings (SSSR count). The average Bonchev–Trinajstić information content (AvgIpc) is 3.33. The Balaban J connectivity index is 1.56. The van der Waals surface area contributed by atoms with Crippen LogP contribution >= 0.6 is 11.3 Å². The standard InChI is InChI=1S/C21H28N8O8S2/c1-12-16(20(31)29(12)37-11-39(32,33)34)27-19(30)17(15-10-38-21(24)26-15)28-36-9-8-35-14-4-2-13(3-5-14)18(23)25-7-6-22/h2-5,10,12,16H,6-9,11,22H2,1H3,(H2,23,25)(H2,24,26)(H,27,30)(H,32,33,34)/t12-,16-/m0/s1. The van der Waals surface area contributed by atoms with Crippen molar-refractivity contribution in [1.29, 1.82) is 0 Å². The zero-order valence-electron chi connectivity index (χ0n) is 20.7. The Bertz CT molecular complexity index is 1330. The fraction of sp³-hybridized carbons (Fsp3) is 0.381. The van der Waals surface area contributed by atoms with Gasteiger partial charge in [-0.3, -0.25) is 24.0 Å². The van der Waals surface area contributed by atoms with E-state index in [9.17, 15) is 18.0 Å². The van der Waals surface area contributed by atoms with Gasteiger partial charge in [-0.2, -0.15) is 8.42 Å². The predicted octanol–water partition coefficient (Wildman–Crippen LogP) is -1.32. The van der Waals surface area contributed by atoms with Gasteiger partial charge in [0.1, 0.15) is 29.9 Å². The molecule has 8 N–H and O–H groups in total. The maximum atomic E-state index is 12.9. The first kappa shape index (κ1) is 29.7. The van der Waals surface area contributed by atoms with E-state index in [0.717, 1.165) is 22.0 Å². The number of hydrogen-bond donors (Lipinski definition) is 5. The predicted molar refractivity (Wildman–Crippen MR) is 141 cm³/mol. The van der Waals surface area contributed by atoms with Gasteiger partial charge in [-0.1, -0.05) is 5.16 Å². The third-order valence-electron chi connectivity index (χ3n) is 5.10. The van der Waals surface area contributed by atoms with Gasteiger partial charge >= 0.3 is 0 Å². The first-order valence-corrected chi connectivity index (χ1v) is 13.9. The summed E-state index contributed by atoms with van der Waals surface area (Å²) >= 11 is 1.07. The van der Waals surface area contributed by atoms with Crippen LogP contribution in [0.4, 0.5) is 5.13 Å². The molecule has 1 aromatic carbocycles. The summed E-state index contributed by atoms with van der Waals surface area (Å²) in [5.41, 5.74) is 17.6. The highest BCUT2D eigenvalue weighted by atomic mass is 32.2. The molecule has 0 saturated carbocycles. The van der Waals surface area contributed by atoms with Crippen LogP contribution in [-0.4, -0.2) is 90.7 Å². The number of β-lactam (4-membered cyclic amide) rings is 1. The molecule has 1 aliphatic heterocycles. The number of hydrogen-bond acceptors (Lipinski definition) is 13. The number of hydroxylamine groups is 2. The molecule has 16 nitrogen and oxygen atoms in total. The zero-order chi connectivity index (χ0) is 28.6.